The second kappa shape index (κ2) is 6.56. The summed E-state index contributed by atoms with van der Waals surface area (Å²) < 4.78 is 7.24. The van der Waals surface area contributed by atoms with Crippen molar-refractivity contribution in [2.75, 3.05) is 0 Å². The van der Waals surface area contributed by atoms with Gasteiger partial charge in [0.25, 0.3) is 5.69 Å². The lowest BCUT2D eigenvalue weighted by atomic mass is 10.2. The van der Waals surface area contributed by atoms with Gasteiger partial charge < -0.3 is 4.74 Å². The first-order chi connectivity index (χ1) is 9.49. The molecule has 0 aliphatic rings. The first kappa shape index (κ1) is 15.3. The number of hydrogen-bond donors (Lipinski definition) is 0. The van der Waals surface area contributed by atoms with Gasteiger partial charge in [0.1, 0.15) is 12.4 Å². The van der Waals surface area contributed by atoms with Crippen molar-refractivity contribution in [2.24, 2.45) is 0 Å². The summed E-state index contributed by atoms with van der Waals surface area (Å²) in [4.78, 5) is 10.3. The molecular weight excluding hydrogens is 413 g/mol. The number of para-hydroxylation sites is 1. The number of benzene rings is 2. The quantitative estimate of drug-likeness (QED) is 0.494. The highest BCUT2D eigenvalue weighted by Crippen LogP contribution is 2.34. The summed E-state index contributed by atoms with van der Waals surface area (Å²) in [6.07, 6.45) is 0. The molecule has 0 bridgehead atoms. The zero-order chi connectivity index (χ0) is 14.7. The van der Waals surface area contributed by atoms with Gasteiger partial charge in [-0.15, -0.1) is 0 Å². The zero-order valence-electron chi connectivity index (χ0n) is 9.98. The molecule has 0 saturated carbocycles. The van der Waals surface area contributed by atoms with Crippen LogP contribution in [0, 0.1) is 10.1 Å². The van der Waals surface area contributed by atoms with E-state index in [-0.39, 0.29) is 12.3 Å². The third-order valence-electron chi connectivity index (χ3n) is 2.53. The van der Waals surface area contributed by atoms with Gasteiger partial charge in [0.15, 0.2) is 0 Å². The highest BCUT2D eigenvalue weighted by Gasteiger charge is 2.12. The van der Waals surface area contributed by atoms with Crippen molar-refractivity contribution < 1.29 is 9.66 Å². The van der Waals surface area contributed by atoms with Gasteiger partial charge in [-0.2, -0.15) is 0 Å². The van der Waals surface area contributed by atoms with Crippen molar-refractivity contribution in [3.05, 3.63) is 66.0 Å². The summed E-state index contributed by atoms with van der Waals surface area (Å²) >= 11 is 12.8. The molecule has 104 valence electrons. The number of rotatable bonds is 4. The normalized spacial score (nSPS) is 10.3. The van der Waals surface area contributed by atoms with Crippen LogP contribution in [0.3, 0.4) is 0 Å². The third-order valence-corrected chi connectivity index (χ3v) is 4.15. The Labute approximate surface area is 137 Å². The fraction of sp³-hybridized carbons (Fsp3) is 0.0769. The smallest absolute Gasteiger partial charge is 0.269 e. The van der Waals surface area contributed by atoms with Gasteiger partial charge in [-0.3, -0.25) is 10.1 Å². The number of non-ortho nitro benzene ring substituents is 1. The van der Waals surface area contributed by atoms with Gasteiger partial charge in [0.2, 0.25) is 0 Å². The van der Waals surface area contributed by atoms with E-state index in [1.54, 1.807) is 0 Å². The van der Waals surface area contributed by atoms with Crippen LogP contribution in [0.25, 0.3) is 0 Å². The van der Waals surface area contributed by atoms with E-state index in [4.69, 9.17) is 16.3 Å². The molecule has 0 heterocycles. The summed E-state index contributed by atoms with van der Waals surface area (Å²) in [6, 6.07) is 9.81. The largest absolute Gasteiger partial charge is 0.486 e. The van der Waals surface area contributed by atoms with Gasteiger partial charge in [-0.25, -0.2) is 0 Å². The van der Waals surface area contributed by atoms with Crippen LogP contribution in [-0.4, -0.2) is 4.92 Å². The van der Waals surface area contributed by atoms with Crippen molar-refractivity contribution in [3.8, 4) is 5.75 Å². The van der Waals surface area contributed by atoms with Gasteiger partial charge in [0.05, 0.1) is 13.9 Å². The Balaban J connectivity index is 2.23. The molecule has 0 spiro atoms. The minimum absolute atomic E-state index is 0.0146. The Bertz CT molecular complexity index is 644. The predicted molar refractivity (Wildman–Crippen MR) is 84.3 cm³/mol. The SMILES string of the molecule is O=[N+]([O-])c1ccc(Cl)c(COc2c(Br)cccc2Br)c1. The maximum atomic E-state index is 10.8. The van der Waals surface area contributed by atoms with E-state index >= 15 is 0 Å². The summed E-state index contributed by atoms with van der Waals surface area (Å²) in [6.45, 7) is 0.141. The van der Waals surface area contributed by atoms with E-state index in [9.17, 15) is 10.1 Å². The minimum atomic E-state index is -0.464. The molecule has 0 saturated heterocycles. The molecule has 0 aliphatic heterocycles. The number of nitro groups is 1. The fourth-order valence-corrected chi connectivity index (χ4v) is 2.96. The lowest BCUT2D eigenvalue weighted by Gasteiger charge is -2.11. The van der Waals surface area contributed by atoms with Crippen molar-refractivity contribution in [1.82, 2.24) is 0 Å². The first-order valence-electron chi connectivity index (χ1n) is 5.48. The molecule has 0 N–H and O–H groups in total. The summed E-state index contributed by atoms with van der Waals surface area (Å²) in [5, 5.41) is 11.2. The Kier molecular flexibility index (Phi) is 5.01. The predicted octanol–water partition coefficient (Wildman–Crippen LogP) is 5.35. The molecule has 0 amide bonds. The molecule has 7 heteroatoms. The Hall–Kier alpha value is -1.11. The van der Waals surface area contributed by atoms with E-state index in [0.29, 0.717) is 16.3 Å². The van der Waals surface area contributed by atoms with E-state index in [2.05, 4.69) is 31.9 Å². The van der Waals surface area contributed by atoms with Crippen LogP contribution < -0.4 is 4.74 Å². The van der Waals surface area contributed by atoms with Crippen LogP contribution in [0.4, 0.5) is 5.69 Å². The maximum absolute atomic E-state index is 10.8. The molecule has 0 radical (unpaired) electrons. The lowest BCUT2D eigenvalue weighted by molar-refractivity contribution is -0.384. The van der Waals surface area contributed by atoms with Crippen LogP contribution >= 0.6 is 43.5 Å². The van der Waals surface area contributed by atoms with E-state index in [1.807, 2.05) is 18.2 Å². The Morgan fingerprint density at radius 3 is 2.45 bits per heavy atom. The number of ether oxygens (including phenoxy) is 1. The van der Waals surface area contributed by atoms with Crippen molar-refractivity contribution in [1.29, 1.82) is 0 Å². The molecular formula is C13H8Br2ClNO3. The molecule has 0 atom stereocenters. The monoisotopic (exact) mass is 419 g/mol. The first-order valence-corrected chi connectivity index (χ1v) is 7.45. The third kappa shape index (κ3) is 3.50. The number of nitrogens with zero attached hydrogens (tertiary/aromatic N) is 1. The van der Waals surface area contributed by atoms with Crippen LogP contribution in [0.1, 0.15) is 5.56 Å². The van der Waals surface area contributed by atoms with E-state index in [1.165, 1.54) is 18.2 Å². The molecule has 2 rings (SSSR count). The summed E-state index contributed by atoms with van der Waals surface area (Å²) in [5.41, 5.74) is 0.544. The molecule has 2 aromatic carbocycles. The minimum Gasteiger partial charge on any atom is -0.486 e. The van der Waals surface area contributed by atoms with Crippen molar-refractivity contribution in [2.45, 2.75) is 6.61 Å². The Morgan fingerprint density at radius 1 is 1.20 bits per heavy atom. The van der Waals surface area contributed by atoms with Crippen LogP contribution in [0.2, 0.25) is 5.02 Å². The molecule has 0 unspecified atom stereocenters. The molecule has 4 nitrogen and oxygen atoms in total. The molecule has 0 fully saturated rings. The van der Waals surface area contributed by atoms with Gasteiger partial charge in [-0.05, 0) is 50.1 Å². The average molecular weight is 421 g/mol. The van der Waals surface area contributed by atoms with E-state index < -0.39 is 4.92 Å². The number of nitro benzene ring substituents is 1. The second-order valence-electron chi connectivity index (χ2n) is 3.87. The van der Waals surface area contributed by atoms with E-state index in [0.717, 1.165) is 8.95 Å². The number of halogens is 3. The van der Waals surface area contributed by atoms with Gasteiger partial charge >= 0.3 is 0 Å². The standard InChI is InChI=1S/C13H8Br2ClNO3/c14-10-2-1-3-11(15)13(10)20-7-8-6-9(17(18)19)4-5-12(8)16/h1-6H,7H2. The van der Waals surface area contributed by atoms with Crippen LogP contribution in [-0.2, 0) is 6.61 Å². The van der Waals surface area contributed by atoms with Gasteiger partial charge in [-0.1, -0.05) is 17.7 Å². The van der Waals surface area contributed by atoms with Gasteiger partial charge in [0, 0.05) is 22.7 Å². The second-order valence-corrected chi connectivity index (χ2v) is 5.99. The molecule has 0 aliphatic carbocycles. The molecule has 0 aromatic heterocycles. The summed E-state index contributed by atoms with van der Waals surface area (Å²) in [7, 11) is 0. The summed E-state index contributed by atoms with van der Waals surface area (Å²) in [5.74, 6) is 0.620. The highest BCUT2D eigenvalue weighted by molar-refractivity contribution is 9.11. The van der Waals surface area contributed by atoms with Crippen LogP contribution in [0.15, 0.2) is 45.3 Å². The molecule has 20 heavy (non-hydrogen) atoms. The maximum Gasteiger partial charge on any atom is 0.269 e. The fourth-order valence-electron chi connectivity index (χ4n) is 1.56. The molecule has 2 aromatic rings. The highest BCUT2D eigenvalue weighted by atomic mass is 79.9. The topological polar surface area (TPSA) is 52.4 Å². The van der Waals surface area contributed by atoms with Crippen molar-refractivity contribution in [3.63, 3.8) is 0 Å². The Morgan fingerprint density at radius 2 is 1.85 bits per heavy atom. The lowest BCUT2D eigenvalue weighted by Crippen LogP contribution is -1.99. The van der Waals surface area contributed by atoms with Crippen LogP contribution in [0.5, 0.6) is 5.75 Å². The number of hydrogen-bond acceptors (Lipinski definition) is 3. The average Bonchev–Trinajstić information content (AvgIpc) is 2.39. The van der Waals surface area contributed by atoms with Crippen molar-refractivity contribution >= 4 is 49.1 Å². The zero-order valence-corrected chi connectivity index (χ0v) is 13.9.